The van der Waals surface area contributed by atoms with Crippen molar-refractivity contribution in [1.82, 2.24) is 29.1 Å². The molecule has 1 N–H and O–H groups in total. The number of nitrogens with zero attached hydrogens (tertiary/aromatic N) is 6. The number of methoxy groups -OCH3 is 1. The Kier molecular flexibility index (Phi) is 5.84. The molecule has 154 valence electrons. The zero-order valence-electron chi connectivity index (χ0n) is 15.6. The standard InChI is InChI=1S/C17H18F2N6O3S/c1-11(25-16(29)23(10-22-25)6-15(26)28-2)17(27,7-24-9-20-8-21-24)13-4-3-12(18)5-14(13)19/h3-5,8-11,27H,6-7H2,1-2H3/t11-,17-/m1/s1. The molecule has 0 radical (unpaired) electrons. The predicted molar refractivity (Wildman–Crippen MR) is 98.1 cm³/mol. The number of halogens is 2. The van der Waals surface area contributed by atoms with Gasteiger partial charge in [0.25, 0.3) is 0 Å². The minimum atomic E-state index is -1.92. The monoisotopic (exact) mass is 424 g/mol. The average molecular weight is 424 g/mol. The lowest BCUT2D eigenvalue weighted by Gasteiger charge is -2.34. The number of aliphatic hydroxyl groups is 1. The summed E-state index contributed by atoms with van der Waals surface area (Å²) in [4.78, 5) is 15.4. The second-order valence-corrected chi connectivity index (χ2v) is 6.74. The van der Waals surface area contributed by atoms with Crippen LogP contribution in [0.1, 0.15) is 18.5 Å². The third-order valence-electron chi connectivity index (χ3n) is 4.61. The molecule has 0 spiro atoms. The summed E-state index contributed by atoms with van der Waals surface area (Å²) in [7, 11) is 1.24. The Hall–Kier alpha value is -2.99. The van der Waals surface area contributed by atoms with Gasteiger partial charge in [0, 0.05) is 11.6 Å². The zero-order valence-corrected chi connectivity index (χ0v) is 16.4. The first-order valence-corrected chi connectivity index (χ1v) is 8.88. The fraction of sp³-hybridized carbons (Fsp3) is 0.353. The van der Waals surface area contributed by atoms with Crippen LogP contribution in [-0.2, 0) is 28.2 Å². The number of carbonyl (C=O) groups is 1. The summed E-state index contributed by atoms with van der Waals surface area (Å²) < 4.78 is 36.7. The van der Waals surface area contributed by atoms with Crippen LogP contribution >= 0.6 is 12.2 Å². The Bertz CT molecular complexity index is 1070. The van der Waals surface area contributed by atoms with Crippen molar-refractivity contribution < 1.29 is 23.4 Å². The topological polar surface area (TPSA) is 100.0 Å². The molecule has 12 heteroatoms. The molecule has 0 fully saturated rings. The first kappa shape index (κ1) is 20.7. The van der Waals surface area contributed by atoms with E-state index in [0.29, 0.717) is 6.07 Å². The molecular weight excluding hydrogens is 406 g/mol. The number of ether oxygens (including phenoxy) is 1. The fourth-order valence-corrected chi connectivity index (χ4v) is 3.29. The summed E-state index contributed by atoms with van der Waals surface area (Å²) in [5, 5.41) is 19.6. The van der Waals surface area contributed by atoms with Gasteiger partial charge in [0.15, 0.2) is 4.77 Å². The number of carbonyl (C=O) groups excluding carboxylic acids is 1. The van der Waals surface area contributed by atoms with Gasteiger partial charge in [-0.3, -0.25) is 9.36 Å². The molecule has 1 aromatic carbocycles. The maximum atomic E-state index is 14.6. The van der Waals surface area contributed by atoms with Gasteiger partial charge in [-0.2, -0.15) is 10.2 Å². The van der Waals surface area contributed by atoms with Gasteiger partial charge in [-0.15, -0.1) is 0 Å². The summed E-state index contributed by atoms with van der Waals surface area (Å²) in [6.45, 7) is 1.20. The fourth-order valence-electron chi connectivity index (χ4n) is 2.97. The van der Waals surface area contributed by atoms with Gasteiger partial charge in [-0.25, -0.2) is 23.1 Å². The maximum absolute atomic E-state index is 14.6. The predicted octanol–water partition coefficient (Wildman–Crippen LogP) is 1.61. The summed E-state index contributed by atoms with van der Waals surface area (Å²) in [5.74, 6) is -2.24. The third kappa shape index (κ3) is 4.07. The molecule has 9 nitrogen and oxygen atoms in total. The van der Waals surface area contributed by atoms with Crippen molar-refractivity contribution in [3.05, 3.63) is 59.2 Å². The molecule has 0 aliphatic rings. The van der Waals surface area contributed by atoms with Gasteiger partial charge in [0.2, 0.25) is 0 Å². The van der Waals surface area contributed by atoms with Gasteiger partial charge in [0.05, 0.1) is 19.7 Å². The van der Waals surface area contributed by atoms with Crippen molar-refractivity contribution in [1.29, 1.82) is 0 Å². The van der Waals surface area contributed by atoms with Crippen molar-refractivity contribution in [2.45, 2.75) is 31.7 Å². The van der Waals surface area contributed by atoms with Crippen molar-refractivity contribution >= 4 is 18.2 Å². The lowest BCUT2D eigenvalue weighted by Crippen LogP contribution is -2.41. The lowest BCUT2D eigenvalue weighted by atomic mass is 9.86. The number of rotatable bonds is 7. The van der Waals surface area contributed by atoms with Crippen LogP contribution < -0.4 is 0 Å². The highest BCUT2D eigenvalue weighted by Crippen LogP contribution is 2.36. The molecule has 2 aromatic heterocycles. The van der Waals surface area contributed by atoms with E-state index >= 15 is 0 Å². The van der Waals surface area contributed by atoms with Crippen LogP contribution in [0.2, 0.25) is 0 Å². The highest BCUT2D eigenvalue weighted by atomic mass is 32.1. The molecule has 0 unspecified atom stereocenters. The van der Waals surface area contributed by atoms with E-state index in [9.17, 15) is 18.7 Å². The SMILES string of the molecule is COC(=O)Cn1cnn([C@H](C)[C@](O)(Cn2cncn2)c2ccc(F)cc2F)c1=S. The molecule has 0 saturated carbocycles. The summed E-state index contributed by atoms with van der Waals surface area (Å²) >= 11 is 5.34. The van der Waals surface area contributed by atoms with E-state index in [4.69, 9.17) is 12.2 Å². The van der Waals surface area contributed by atoms with Gasteiger partial charge in [-0.05, 0) is 25.2 Å². The van der Waals surface area contributed by atoms with Crippen LogP contribution in [0.4, 0.5) is 8.78 Å². The molecule has 3 rings (SSSR count). The van der Waals surface area contributed by atoms with Crippen molar-refractivity contribution in [2.24, 2.45) is 0 Å². The van der Waals surface area contributed by atoms with Crippen molar-refractivity contribution in [3.8, 4) is 0 Å². The Morgan fingerprint density at radius 2 is 2.10 bits per heavy atom. The smallest absolute Gasteiger partial charge is 0.325 e. The van der Waals surface area contributed by atoms with E-state index in [1.54, 1.807) is 6.92 Å². The second kappa shape index (κ2) is 8.17. The Labute approximate surface area is 169 Å². The molecule has 29 heavy (non-hydrogen) atoms. The van der Waals surface area contributed by atoms with E-state index in [-0.39, 0.29) is 23.4 Å². The van der Waals surface area contributed by atoms with Crippen LogP contribution in [0.15, 0.2) is 37.2 Å². The molecule has 2 heterocycles. The quantitative estimate of drug-likeness (QED) is 0.454. The van der Waals surface area contributed by atoms with Crippen LogP contribution in [0, 0.1) is 16.4 Å². The minimum absolute atomic E-state index is 0.113. The van der Waals surface area contributed by atoms with Crippen LogP contribution in [-0.4, -0.2) is 47.3 Å². The van der Waals surface area contributed by atoms with E-state index in [1.165, 1.54) is 40.0 Å². The number of hydrogen-bond donors (Lipinski definition) is 1. The molecule has 2 atom stereocenters. The molecular formula is C17H18F2N6O3S. The van der Waals surface area contributed by atoms with E-state index in [2.05, 4.69) is 19.9 Å². The van der Waals surface area contributed by atoms with Gasteiger partial charge in [0.1, 0.15) is 42.8 Å². The van der Waals surface area contributed by atoms with Crippen molar-refractivity contribution in [2.75, 3.05) is 7.11 Å². The molecule has 0 bridgehead atoms. The Morgan fingerprint density at radius 1 is 1.34 bits per heavy atom. The Balaban J connectivity index is 2.07. The van der Waals surface area contributed by atoms with Gasteiger partial charge >= 0.3 is 5.97 Å². The summed E-state index contributed by atoms with van der Waals surface area (Å²) in [6, 6.07) is 1.97. The maximum Gasteiger partial charge on any atom is 0.325 e. The van der Waals surface area contributed by atoms with E-state index in [1.807, 2.05) is 0 Å². The number of aromatic nitrogens is 6. The average Bonchev–Trinajstić information content (AvgIpc) is 3.31. The Morgan fingerprint density at radius 3 is 2.72 bits per heavy atom. The molecule has 0 aliphatic heterocycles. The first-order valence-electron chi connectivity index (χ1n) is 8.47. The first-order chi connectivity index (χ1) is 13.8. The molecule has 0 amide bonds. The van der Waals surface area contributed by atoms with Gasteiger partial charge < -0.3 is 9.84 Å². The third-order valence-corrected chi connectivity index (χ3v) is 5.03. The second-order valence-electron chi connectivity index (χ2n) is 6.38. The van der Waals surface area contributed by atoms with Gasteiger partial charge in [-0.1, -0.05) is 6.07 Å². The molecule has 3 aromatic rings. The number of hydrogen-bond acceptors (Lipinski definition) is 7. The summed E-state index contributed by atoms with van der Waals surface area (Å²) in [6.07, 6.45) is 3.93. The van der Waals surface area contributed by atoms with Crippen molar-refractivity contribution in [3.63, 3.8) is 0 Å². The zero-order chi connectivity index (χ0) is 21.2. The normalized spacial score (nSPS) is 14.4. The molecule has 0 aliphatic carbocycles. The van der Waals surface area contributed by atoms with Crippen LogP contribution in [0.5, 0.6) is 0 Å². The number of esters is 1. The van der Waals surface area contributed by atoms with E-state index < -0.39 is 29.2 Å². The van der Waals surface area contributed by atoms with Crippen LogP contribution in [0.3, 0.4) is 0 Å². The molecule has 0 saturated heterocycles. The highest BCUT2D eigenvalue weighted by Gasteiger charge is 2.41. The highest BCUT2D eigenvalue weighted by molar-refractivity contribution is 7.71. The lowest BCUT2D eigenvalue weighted by molar-refractivity contribution is -0.141. The van der Waals surface area contributed by atoms with E-state index in [0.717, 1.165) is 12.1 Å². The largest absolute Gasteiger partial charge is 0.468 e. The minimum Gasteiger partial charge on any atom is -0.468 e. The number of benzene rings is 1. The summed E-state index contributed by atoms with van der Waals surface area (Å²) in [5.41, 5.74) is -2.08. The van der Waals surface area contributed by atoms with Crippen LogP contribution in [0.25, 0.3) is 0 Å².